The molecule has 1 N–H and O–H groups in total. The minimum Gasteiger partial charge on any atom is -0.468 e. The van der Waals surface area contributed by atoms with Crippen molar-refractivity contribution in [3.8, 4) is 0 Å². The Morgan fingerprint density at radius 1 is 1.77 bits per heavy atom. The number of fused-ring (bicyclic) bond motifs is 1. The van der Waals surface area contributed by atoms with Gasteiger partial charge in [-0.2, -0.15) is 0 Å². The second kappa shape index (κ2) is 3.22. The Labute approximate surface area is 75.9 Å². The van der Waals surface area contributed by atoms with Gasteiger partial charge < -0.3 is 9.15 Å². The van der Waals surface area contributed by atoms with E-state index in [-0.39, 0.29) is 5.97 Å². The summed E-state index contributed by atoms with van der Waals surface area (Å²) >= 11 is 0. The lowest BCUT2D eigenvalue weighted by atomic mass is 10.0. The molecular formula is C9H11NO3. The Bertz CT molecular complexity index is 318. The highest BCUT2D eigenvalue weighted by Crippen LogP contribution is 2.24. The highest BCUT2D eigenvalue weighted by Gasteiger charge is 2.29. The highest BCUT2D eigenvalue weighted by molar-refractivity contribution is 5.77. The maximum Gasteiger partial charge on any atom is 0.330 e. The fourth-order valence-corrected chi connectivity index (χ4v) is 1.56. The molecule has 1 atom stereocenters. The van der Waals surface area contributed by atoms with Crippen LogP contribution in [0.2, 0.25) is 0 Å². The summed E-state index contributed by atoms with van der Waals surface area (Å²) in [6.07, 6.45) is 2.51. The Balaban J connectivity index is 2.30. The van der Waals surface area contributed by atoms with E-state index in [1.54, 1.807) is 6.26 Å². The lowest BCUT2D eigenvalue weighted by Gasteiger charge is -2.20. The van der Waals surface area contributed by atoms with Crippen molar-refractivity contribution in [3.63, 3.8) is 0 Å². The van der Waals surface area contributed by atoms with Gasteiger partial charge in [0.25, 0.3) is 0 Å². The van der Waals surface area contributed by atoms with Crippen LogP contribution in [-0.2, 0) is 16.0 Å². The van der Waals surface area contributed by atoms with E-state index >= 15 is 0 Å². The first-order valence-electron chi connectivity index (χ1n) is 4.20. The van der Waals surface area contributed by atoms with Crippen LogP contribution in [0.1, 0.15) is 17.4 Å². The molecule has 0 saturated heterocycles. The summed E-state index contributed by atoms with van der Waals surface area (Å²) in [6.45, 7) is 0.784. The molecule has 2 rings (SSSR count). The van der Waals surface area contributed by atoms with Crippen molar-refractivity contribution in [2.75, 3.05) is 13.7 Å². The van der Waals surface area contributed by atoms with Gasteiger partial charge >= 0.3 is 5.97 Å². The third-order valence-corrected chi connectivity index (χ3v) is 2.22. The van der Waals surface area contributed by atoms with E-state index in [0.29, 0.717) is 5.76 Å². The molecule has 0 fully saturated rings. The van der Waals surface area contributed by atoms with Crippen LogP contribution in [0.4, 0.5) is 0 Å². The summed E-state index contributed by atoms with van der Waals surface area (Å²) < 4.78 is 9.88. The standard InChI is InChI=1S/C9H11NO3/c1-12-9(11)7-8-6(2-4-10-7)3-5-13-8/h3,5,7,10H,2,4H2,1H3. The number of nitrogens with one attached hydrogen (secondary N) is 1. The first-order valence-corrected chi connectivity index (χ1v) is 4.20. The van der Waals surface area contributed by atoms with Crippen molar-refractivity contribution in [1.29, 1.82) is 0 Å². The summed E-state index contributed by atoms with van der Waals surface area (Å²) in [7, 11) is 1.38. The third kappa shape index (κ3) is 1.33. The Morgan fingerprint density at radius 2 is 2.62 bits per heavy atom. The summed E-state index contributed by atoms with van der Waals surface area (Å²) in [4.78, 5) is 11.3. The molecule has 0 spiro atoms. The van der Waals surface area contributed by atoms with Crippen LogP contribution in [0.5, 0.6) is 0 Å². The minimum atomic E-state index is -0.427. The van der Waals surface area contributed by atoms with E-state index in [2.05, 4.69) is 10.1 Å². The second-order valence-corrected chi connectivity index (χ2v) is 2.97. The van der Waals surface area contributed by atoms with Gasteiger partial charge in [-0.05, 0) is 18.1 Å². The summed E-state index contributed by atoms with van der Waals surface area (Å²) in [5.74, 6) is 0.397. The molecule has 0 aliphatic carbocycles. The number of ether oxygens (including phenoxy) is 1. The average Bonchev–Trinajstić information content (AvgIpc) is 2.63. The van der Waals surface area contributed by atoms with Crippen LogP contribution < -0.4 is 5.32 Å². The number of methoxy groups -OCH3 is 1. The van der Waals surface area contributed by atoms with E-state index in [1.807, 2.05) is 6.07 Å². The number of hydrogen-bond donors (Lipinski definition) is 1. The van der Waals surface area contributed by atoms with Crippen molar-refractivity contribution in [3.05, 3.63) is 23.7 Å². The van der Waals surface area contributed by atoms with E-state index < -0.39 is 6.04 Å². The smallest absolute Gasteiger partial charge is 0.330 e. The highest BCUT2D eigenvalue weighted by atomic mass is 16.5. The molecule has 4 nitrogen and oxygen atoms in total. The monoisotopic (exact) mass is 181 g/mol. The number of furan rings is 1. The van der Waals surface area contributed by atoms with Gasteiger partial charge in [-0.25, -0.2) is 4.79 Å². The zero-order valence-electron chi connectivity index (χ0n) is 7.37. The van der Waals surface area contributed by atoms with Crippen molar-refractivity contribution in [1.82, 2.24) is 5.32 Å². The molecule has 2 heterocycles. The van der Waals surface area contributed by atoms with E-state index in [9.17, 15) is 4.79 Å². The zero-order chi connectivity index (χ0) is 9.26. The summed E-state index contributed by atoms with van der Waals surface area (Å²) in [5.41, 5.74) is 1.09. The van der Waals surface area contributed by atoms with Gasteiger partial charge in [-0.1, -0.05) is 0 Å². The molecule has 0 bridgehead atoms. The van der Waals surface area contributed by atoms with Crippen LogP contribution in [0, 0.1) is 0 Å². The molecule has 0 radical (unpaired) electrons. The van der Waals surface area contributed by atoms with Crippen LogP contribution in [-0.4, -0.2) is 19.6 Å². The number of carbonyl (C=O) groups is 1. The van der Waals surface area contributed by atoms with E-state index in [0.717, 1.165) is 18.5 Å². The predicted molar refractivity (Wildman–Crippen MR) is 45.2 cm³/mol. The molecule has 70 valence electrons. The SMILES string of the molecule is COC(=O)C1NCCc2ccoc21. The largest absolute Gasteiger partial charge is 0.468 e. The van der Waals surface area contributed by atoms with Gasteiger partial charge in [-0.3, -0.25) is 5.32 Å². The van der Waals surface area contributed by atoms with Gasteiger partial charge in [0.15, 0.2) is 6.04 Å². The first kappa shape index (κ1) is 8.31. The quantitative estimate of drug-likeness (QED) is 0.646. The van der Waals surface area contributed by atoms with Crippen LogP contribution in [0.15, 0.2) is 16.7 Å². The van der Waals surface area contributed by atoms with E-state index in [4.69, 9.17) is 4.42 Å². The Morgan fingerprint density at radius 3 is 3.38 bits per heavy atom. The average molecular weight is 181 g/mol. The van der Waals surface area contributed by atoms with Crippen molar-refractivity contribution >= 4 is 5.97 Å². The third-order valence-electron chi connectivity index (χ3n) is 2.22. The Kier molecular flexibility index (Phi) is 2.06. The minimum absolute atomic E-state index is 0.295. The molecular weight excluding hydrogens is 170 g/mol. The number of rotatable bonds is 1. The molecule has 1 aliphatic heterocycles. The number of carbonyl (C=O) groups excluding carboxylic acids is 1. The fourth-order valence-electron chi connectivity index (χ4n) is 1.56. The maximum absolute atomic E-state index is 11.3. The van der Waals surface area contributed by atoms with Crippen LogP contribution >= 0.6 is 0 Å². The summed E-state index contributed by atoms with van der Waals surface area (Å²) in [6, 6.07) is 1.47. The fraction of sp³-hybridized carbons (Fsp3) is 0.444. The van der Waals surface area contributed by atoms with Gasteiger partial charge in [0, 0.05) is 6.54 Å². The molecule has 1 unspecified atom stereocenters. The second-order valence-electron chi connectivity index (χ2n) is 2.97. The molecule has 0 amide bonds. The van der Waals surface area contributed by atoms with Crippen LogP contribution in [0.3, 0.4) is 0 Å². The van der Waals surface area contributed by atoms with Gasteiger partial charge in [0.2, 0.25) is 0 Å². The molecule has 1 aromatic heterocycles. The number of esters is 1. The van der Waals surface area contributed by atoms with Gasteiger partial charge in [-0.15, -0.1) is 0 Å². The van der Waals surface area contributed by atoms with Gasteiger partial charge in [0.05, 0.1) is 13.4 Å². The van der Waals surface area contributed by atoms with Crippen molar-refractivity contribution in [2.45, 2.75) is 12.5 Å². The maximum atomic E-state index is 11.3. The number of hydrogen-bond acceptors (Lipinski definition) is 4. The van der Waals surface area contributed by atoms with Crippen LogP contribution in [0.25, 0.3) is 0 Å². The predicted octanol–water partition coefficient (Wildman–Crippen LogP) is 0.639. The molecule has 13 heavy (non-hydrogen) atoms. The lowest BCUT2D eigenvalue weighted by Crippen LogP contribution is -2.35. The first-order chi connectivity index (χ1) is 6.33. The van der Waals surface area contributed by atoms with Crippen molar-refractivity contribution < 1.29 is 13.9 Å². The topological polar surface area (TPSA) is 51.5 Å². The molecule has 1 aromatic rings. The Hall–Kier alpha value is -1.29. The molecule has 1 aliphatic rings. The van der Waals surface area contributed by atoms with Gasteiger partial charge in [0.1, 0.15) is 5.76 Å². The van der Waals surface area contributed by atoms with Crippen molar-refractivity contribution in [2.24, 2.45) is 0 Å². The lowest BCUT2D eigenvalue weighted by molar-refractivity contribution is -0.144. The van der Waals surface area contributed by atoms with E-state index in [1.165, 1.54) is 7.11 Å². The normalized spacial score (nSPS) is 20.8. The molecule has 0 aromatic carbocycles. The molecule has 4 heteroatoms. The molecule has 0 saturated carbocycles. The zero-order valence-corrected chi connectivity index (χ0v) is 7.37. The summed E-state index contributed by atoms with van der Waals surface area (Å²) in [5, 5.41) is 3.04.